The van der Waals surface area contributed by atoms with E-state index in [1.807, 2.05) is 12.1 Å². The molecule has 3 unspecified atom stereocenters. The molecular weight excluding hydrogens is 357 g/mol. The number of benzene rings is 2. The van der Waals surface area contributed by atoms with Gasteiger partial charge in [0.25, 0.3) is 5.67 Å². The van der Waals surface area contributed by atoms with E-state index in [0.29, 0.717) is 23.2 Å². The molecule has 28 heavy (non-hydrogen) atoms. The molecule has 5 atom stereocenters. The highest BCUT2D eigenvalue weighted by Crippen LogP contribution is 2.52. The Balaban J connectivity index is 1.42. The number of fused-ring (bicyclic) bond motifs is 5. The smallest absolute Gasteiger partial charge is 0.353 e. The highest BCUT2D eigenvalue weighted by Gasteiger charge is 2.71. The van der Waals surface area contributed by atoms with Gasteiger partial charge in [-0.1, -0.05) is 60.7 Å². The highest BCUT2D eigenvalue weighted by molar-refractivity contribution is 5.85. The number of epoxide rings is 1. The predicted molar refractivity (Wildman–Crippen MR) is 102 cm³/mol. The van der Waals surface area contributed by atoms with Gasteiger partial charge in [-0.3, -0.25) is 0 Å². The van der Waals surface area contributed by atoms with Crippen molar-refractivity contribution in [1.82, 2.24) is 0 Å². The van der Waals surface area contributed by atoms with Crippen molar-refractivity contribution < 1.29 is 23.1 Å². The lowest BCUT2D eigenvalue weighted by molar-refractivity contribution is -0.938. The number of piperidine rings is 1. The van der Waals surface area contributed by atoms with Crippen LogP contribution in [0.15, 0.2) is 60.7 Å². The SMILES string of the molecule is C[N+]1(C)C2CC(OC(=O)C(F)(c3ccccc3)c3ccccc3)C[C@H]1[C@@H]1OC21. The number of morpholine rings is 1. The highest BCUT2D eigenvalue weighted by atomic mass is 19.1. The Morgan fingerprint density at radius 3 is 1.89 bits per heavy atom. The first-order valence-electron chi connectivity index (χ1n) is 9.92. The molecule has 0 aliphatic carbocycles. The van der Waals surface area contributed by atoms with Crippen molar-refractivity contribution >= 4 is 5.97 Å². The van der Waals surface area contributed by atoms with E-state index in [0.717, 1.165) is 17.3 Å². The number of hydrogen-bond acceptors (Lipinski definition) is 3. The summed E-state index contributed by atoms with van der Waals surface area (Å²) < 4.78 is 28.9. The molecule has 3 aliphatic heterocycles. The van der Waals surface area contributed by atoms with Gasteiger partial charge in [0.1, 0.15) is 30.4 Å². The fraction of sp³-hybridized carbons (Fsp3) is 0.435. The predicted octanol–water partition coefficient (Wildman–Crippen LogP) is 3.20. The molecule has 3 aliphatic rings. The first-order chi connectivity index (χ1) is 13.4. The number of rotatable bonds is 4. The van der Waals surface area contributed by atoms with Crippen LogP contribution in [-0.4, -0.2) is 54.9 Å². The minimum Gasteiger partial charge on any atom is -0.459 e. The first kappa shape index (κ1) is 17.8. The molecular formula is C23H25FNO3+. The molecule has 2 aromatic carbocycles. The standard InChI is InChI=1S/C23H25FNO3/c1-25(2)18-13-17(14-19(25)21-20(18)28-21)27-22(26)23(24,15-9-5-3-6-10-15)16-11-7-4-8-12-16/h3-12,17-21H,13-14H2,1-2H3/q+1/t17?,18-,19?,20-,21?/m0/s1. The van der Waals surface area contributed by atoms with E-state index in [9.17, 15) is 4.79 Å². The van der Waals surface area contributed by atoms with Crippen LogP contribution in [-0.2, 0) is 19.9 Å². The van der Waals surface area contributed by atoms with E-state index in [4.69, 9.17) is 9.47 Å². The molecule has 2 bridgehead atoms. The van der Waals surface area contributed by atoms with E-state index < -0.39 is 11.6 Å². The van der Waals surface area contributed by atoms with Crippen LogP contribution in [0.4, 0.5) is 4.39 Å². The Morgan fingerprint density at radius 2 is 1.43 bits per heavy atom. The number of carbonyl (C=O) groups excluding carboxylic acids is 1. The summed E-state index contributed by atoms with van der Waals surface area (Å²) in [6.45, 7) is 0. The zero-order valence-corrected chi connectivity index (χ0v) is 16.1. The molecule has 0 N–H and O–H groups in total. The third-order valence-corrected chi connectivity index (χ3v) is 6.94. The second-order valence-corrected chi connectivity index (χ2v) is 8.72. The average Bonchev–Trinajstić information content (AvgIpc) is 3.47. The molecule has 3 saturated heterocycles. The van der Waals surface area contributed by atoms with E-state index in [1.54, 1.807) is 48.5 Å². The number of carbonyl (C=O) groups is 1. The minimum absolute atomic E-state index is 0.266. The van der Waals surface area contributed by atoms with Crippen LogP contribution in [0, 0.1) is 0 Å². The number of nitrogens with zero attached hydrogens (tertiary/aromatic N) is 1. The summed E-state index contributed by atoms with van der Waals surface area (Å²) in [7, 11) is 4.44. The number of halogens is 1. The Hall–Kier alpha value is -2.24. The summed E-state index contributed by atoms with van der Waals surface area (Å²) in [5.41, 5.74) is -1.72. The van der Waals surface area contributed by atoms with Crippen molar-refractivity contribution in [3.8, 4) is 0 Å². The number of likely N-dealkylation sites (N-methyl/N-ethyl adjacent to an activating group) is 1. The van der Waals surface area contributed by atoms with Crippen molar-refractivity contribution in [3.63, 3.8) is 0 Å². The monoisotopic (exact) mass is 382 g/mol. The van der Waals surface area contributed by atoms with Crippen molar-refractivity contribution in [3.05, 3.63) is 71.8 Å². The maximum atomic E-state index is 16.3. The lowest BCUT2D eigenvalue weighted by atomic mass is 9.88. The van der Waals surface area contributed by atoms with Crippen LogP contribution < -0.4 is 0 Å². The molecule has 0 saturated carbocycles. The Labute approximate surface area is 164 Å². The molecule has 0 spiro atoms. The summed E-state index contributed by atoms with van der Waals surface area (Å²) in [5.74, 6) is -0.823. The fourth-order valence-electron chi connectivity index (χ4n) is 5.27. The number of quaternary nitrogens is 1. The van der Waals surface area contributed by atoms with Gasteiger partial charge in [0.05, 0.1) is 14.1 Å². The Morgan fingerprint density at radius 1 is 0.964 bits per heavy atom. The van der Waals surface area contributed by atoms with Crippen LogP contribution in [0.2, 0.25) is 0 Å². The second kappa shape index (κ2) is 6.13. The van der Waals surface area contributed by atoms with Crippen molar-refractivity contribution in [1.29, 1.82) is 0 Å². The summed E-state index contributed by atoms with van der Waals surface area (Å²) in [5, 5.41) is 0. The Bertz CT molecular complexity index is 826. The largest absolute Gasteiger partial charge is 0.459 e. The molecule has 146 valence electrons. The Kier molecular flexibility index (Phi) is 3.90. The molecule has 5 rings (SSSR count). The van der Waals surface area contributed by atoms with Gasteiger partial charge in [0, 0.05) is 24.0 Å². The van der Waals surface area contributed by atoms with Gasteiger partial charge in [-0.2, -0.15) is 0 Å². The third kappa shape index (κ3) is 2.53. The summed E-state index contributed by atoms with van der Waals surface area (Å²) in [4.78, 5) is 13.2. The topological polar surface area (TPSA) is 38.8 Å². The lowest BCUT2D eigenvalue weighted by Gasteiger charge is -2.45. The molecule has 3 fully saturated rings. The second-order valence-electron chi connectivity index (χ2n) is 8.72. The van der Waals surface area contributed by atoms with Crippen molar-refractivity contribution in [2.75, 3.05) is 14.1 Å². The van der Waals surface area contributed by atoms with Crippen molar-refractivity contribution in [2.45, 2.75) is 48.9 Å². The summed E-state index contributed by atoms with van der Waals surface area (Å²) in [6, 6.07) is 17.8. The van der Waals surface area contributed by atoms with Gasteiger partial charge in [-0.25, -0.2) is 9.18 Å². The van der Waals surface area contributed by atoms with Crippen LogP contribution in [0.3, 0.4) is 0 Å². The number of esters is 1. The molecule has 3 heterocycles. The molecule has 5 heteroatoms. The van der Waals surface area contributed by atoms with E-state index in [2.05, 4.69) is 14.1 Å². The molecule has 0 aromatic heterocycles. The van der Waals surface area contributed by atoms with Crippen LogP contribution in [0.1, 0.15) is 24.0 Å². The number of ether oxygens (including phenoxy) is 2. The van der Waals surface area contributed by atoms with E-state index in [-0.39, 0.29) is 18.3 Å². The quantitative estimate of drug-likeness (QED) is 0.463. The summed E-state index contributed by atoms with van der Waals surface area (Å²) >= 11 is 0. The maximum Gasteiger partial charge on any atom is 0.353 e. The average molecular weight is 382 g/mol. The molecule has 4 nitrogen and oxygen atoms in total. The maximum absolute atomic E-state index is 16.3. The third-order valence-electron chi connectivity index (χ3n) is 6.94. The van der Waals surface area contributed by atoms with Gasteiger partial charge in [0.15, 0.2) is 0 Å². The molecule has 0 amide bonds. The zero-order chi connectivity index (χ0) is 19.5. The van der Waals surface area contributed by atoms with E-state index in [1.165, 1.54) is 0 Å². The van der Waals surface area contributed by atoms with Gasteiger partial charge in [-0.05, 0) is 0 Å². The van der Waals surface area contributed by atoms with Crippen LogP contribution in [0.25, 0.3) is 0 Å². The van der Waals surface area contributed by atoms with Gasteiger partial charge in [0.2, 0.25) is 0 Å². The van der Waals surface area contributed by atoms with Gasteiger partial charge >= 0.3 is 5.97 Å². The van der Waals surface area contributed by atoms with E-state index >= 15 is 4.39 Å². The fourth-order valence-corrected chi connectivity index (χ4v) is 5.27. The normalized spacial score (nSPS) is 32.5. The number of hydrogen-bond donors (Lipinski definition) is 0. The van der Waals surface area contributed by atoms with Crippen molar-refractivity contribution in [2.24, 2.45) is 0 Å². The zero-order valence-electron chi connectivity index (χ0n) is 16.1. The number of alkyl halides is 1. The van der Waals surface area contributed by atoms with Gasteiger partial charge in [-0.15, -0.1) is 0 Å². The minimum atomic E-state index is -2.32. The van der Waals surface area contributed by atoms with Crippen LogP contribution in [0.5, 0.6) is 0 Å². The summed E-state index contributed by atoms with van der Waals surface area (Å²) in [6.07, 6.45) is 1.70. The van der Waals surface area contributed by atoms with Gasteiger partial charge < -0.3 is 14.0 Å². The molecule has 2 aromatic rings. The lowest BCUT2D eigenvalue weighted by Crippen LogP contribution is -2.60. The van der Waals surface area contributed by atoms with Crippen LogP contribution >= 0.6 is 0 Å². The first-order valence-corrected chi connectivity index (χ1v) is 9.92. The molecule has 0 radical (unpaired) electrons.